The van der Waals surface area contributed by atoms with E-state index in [-0.39, 0.29) is 18.1 Å². The van der Waals surface area contributed by atoms with Crippen LogP contribution in [0.25, 0.3) is 17.0 Å². The normalized spacial score (nSPS) is 17.1. The Hall–Kier alpha value is -4.44. The molecule has 2 aliphatic heterocycles. The smallest absolute Gasteiger partial charge is 0.329 e. The molecule has 5 amide bonds. The quantitative estimate of drug-likeness (QED) is 0.408. The maximum atomic E-state index is 13.0. The highest BCUT2D eigenvalue weighted by Gasteiger charge is 2.35. The molecule has 2 fully saturated rings. The van der Waals surface area contributed by atoms with Gasteiger partial charge in [0.25, 0.3) is 5.91 Å². The van der Waals surface area contributed by atoms with Crippen molar-refractivity contribution in [1.82, 2.24) is 19.7 Å². The molecule has 184 valence electrons. The van der Waals surface area contributed by atoms with Crippen molar-refractivity contribution in [2.45, 2.75) is 6.54 Å². The number of hydrogen-bond acceptors (Lipinski definition) is 5. The van der Waals surface area contributed by atoms with Crippen LogP contribution in [0.3, 0.4) is 0 Å². The molecule has 0 bridgehead atoms. The molecule has 1 aromatic heterocycles. The Kier molecular flexibility index (Phi) is 6.50. The highest BCUT2D eigenvalue weighted by Crippen LogP contribution is 2.25. The zero-order valence-electron chi connectivity index (χ0n) is 19.5. The third kappa shape index (κ3) is 4.84. The van der Waals surface area contributed by atoms with Crippen LogP contribution in [-0.2, 0) is 25.7 Å². The first-order valence-electron chi connectivity index (χ1n) is 11.6. The number of morpholine rings is 1. The number of amides is 5. The zero-order chi connectivity index (χ0) is 25.1. The fourth-order valence-electron chi connectivity index (χ4n) is 4.32. The molecule has 36 heavy (non-hydrogen) atoms. The maximum absolute atomic E-state index is 13.0. The number of aromatic nitrogens is 1. The Balaban J connectivity index is 1.34. The second-order valence-corrected chi connectivity index (χ2v) is 8.52. The standard InChI is InChI=1S/C26H25N5O5/c32-23(27-19-6-2-1-3-7-19)16-31-25(34)21(28-26(31)35)14-18-15-30(22-9-5-4-8-20(18)22)17-24(33)29-10-12-36-13-11-29/h1-9,14-15H,10-13,16-17H2,(H,27,32)(H,28,35)/b21-14+. The van der Waals surface area contributed by atoms with Crippen LogP contribution in [-0.4, -0.2) is 71.0 Å². The van der Waals surface area contributed by atoms with Gasteiger partial charge in [0.2, 0.25) is 11.8 Å². The minimum atomic E-state index is -0.666. The number of imide groups is 1. The molecule has 5 rings (SSSR count). The van der Waals surface area contributed by atoms with Gasteiger partial charge in [-0.3, -0.25) is 14.4 Å². The van der Waals surface area contributed by atoms with Crippen LogP contribution in [0.2, 0.25) is 0 Å². The largest absolute Gasteiger partial charge is 0.378 e. The van der Waals surface area contributed by atoms with Gasteiger partial charge >= 0.3 is 6.03 Å². The summed E-state index contributed by atoms with van der Waals surface area (Å²) in [6.07, 6.45) is 3.37. The molecule has 3 heterocycles. The van der Waals surface area contributed by atoms with E-state index in [9.17, 15) is 19.2 Å². The Labute approximate surface area is 207 Å². The maximum Gasteiger partial charge on any atom is 0.329 e. The van der Waals surface area contributed by atoms with Crippen LogP contribution in [0.5, 0.6) is 0 Å². The van der Waals surface area contributed by atoms with Crippen molar-refractivity contribution >= 4 is 46.4 Å². The van der Waals surface area contributed by atoms with Crippen molar-refractivity contribution in [3.05, 3.63) is 72.1 Å². The summed E-state index contributed by atoms with van der Waals surface area (Å²) in [7, 11) is 0. The van der Waals surface area contributed by atoms with Crippen LogP contribution in [0.15, 0.2) is 66.5 Å². The lowest BCUT2D eigenvalue weighted by Gasteiger charge is -2.27. The molecule has 2 N–H and O–H groups in total. The number of benzene rings is 2. The molecular formula is C26H25N5O5. The SMILES string of the molecule is O=C(CN1C(=O)N/C(=C/c2cn(CC(=O)N3CCOCC3)c3ccccc23)C1=O)Nc1ccccc1. The summed E-state index contributed by atoms with van der Waals surface area (Å²) < 4.78 is 7.17. The Bertz CT molecular complexity index is 1360. The van der Waals surface area contributed by atoms with E-state index in [0.717, 1.165) is 15.8 Å². The van der Waals surface area contributed by atoms with Crippen molar-refractivity contribution in [1.29, 1.82) is 0 Å². The average Bonchev–Trinajstić information content (AvgIpc) is 3.37. The molecule has 0 saturated carbocycles. The van der Waals surface area contributed by atoms with Gasteiger partial charge in [-0.05, 0) is 24.3 Å². The van der Waals surface area contributed by atoms with Crippen LogP contribution in [0.4, 0.5) is 10.5 Å². The van der Waals surface area contributed by atoms with Gasteiger partial charge in [-0.1, -0.05) is 36.4 Å². The van der Waals surface area contributed by atoms with Gasteiger partial charge in [-0.2, -0.15) is 0 Å². The van der Waals surface area contributed by atoms with Crippen LogP contribution >= 0.6 is 0 Å². The summed E-state index contributed by atoms with van der Waals surface area (Å²) in [5.41, 5.74) is 2.15. The average molecular weight is 488 g/mol. The monoisotopic (exact) mass is 487 g/mol. The molecule has 0 spiro atoms. The number of nitrogens with one attached hydrogen (secondary N) is 2. The molecule has 0 unspecified atom stereocenters. The number of carbonyl (C=O) groups excluding carboxylic acids is 4. The van der Waals surface area contributed by atoms with Gasteiger partial charge < -0.3 is 24.8 Å². The number of para-hydroxylation sites is 2. The van der Waals surface area contributed by atoms with E-state index in [1.54, 1.807) is 41.4 Å². The number of rotatable bonds is 6. The molecule has 0 atom stereocenters. The summed E-state index contributed by atoms with van der Waals surface area (Å²) in [5, 5.41) is 6.06. The van der Waals surface area contributed by atoms with Crippen LogP contribution in [0.1, 0.15) is 5.56 Å². The van der Waals surface area contributed by atoms with Crippen LogP contribution in [0, 0.1) is 0 Å². The van der Waals surface area contributed by atoms with Crippen molar-refractivity contribution < 1.29 is 23.9 Å². The van der Waals surface area contributed by atoms with Gasteiger partial charge in [-0.15, -0.1) is 0 Å². The zero-order valence-corrected chi connectivity index (χ0v) is 19.5. The third-order valence-corrected chi connectivity index (χ3v) is 6.11. The lowest BCUT2D eigenvalue weighted by molar-refractivity contribution is -0.135. The predicted molar refractivity (Wildman–Crippen MR) is 133 cm³/mol. The Morgan fingerprint density at radius 3 is 2.47 bits per heavy atom. The summed E-state index contributed by atoms with van der Waals surface area (Å²) in [5.74, 6) is -1.09. The van der Waals surface area contributed by atoms with Crippen molar-refractivity contribution in [3.8, 4) is 0 Å². The minimum Gasteiger partial charge on any atom is -0.378 e. The van der Waals surface area contributed by atoms with Crippen molar-refractivity contribution in [3.63, 3.8) is 0 Å². The molecule has 2 aromatic carbocycles. The second-order valence-electron chi connectivity index (χ2n) is 8.52. The van der Waals surface area contributed by atoms with Gasteiger partial charge in [-0.25, -0.2) is 9.69 Å². The third-order valence-electron chi connectivity index (χ3n) is 6.11. The first kappa shape index (κ1) is 23.3. The number of nitrogens with zero attached hydrogens (tertiary/aromatic N) is 3. The molecule has 2 saturated heterocycles. The molecule has 2 aliphatic rings. The molecule has 0 radical (unpaired) electrons. The van der Waals surface area contributed by atoms with E-state index in [0.29, 0.717) is 37.6 Å². The predicted octanol–water partition coefficient (Wildman–Crippen LogP) is 2.03. The van der Waals surface area contributed by atoms with Gasteiger partial charge in [0.1, 0.15) is 18.8 Å². The van der Waals surface area contributed by atoms with Gasteiger partial charge in [0.15, 0.2) is 0 Å². The van der Waals surface area contributed by atoms with E-state index in [1.807, 2.05) is 34.9 Å². The number of anilines is 1. The highest BCUT2D eigenvalue weighted by atomic mass is 16.5. The molecule has 3 aromatic rings. The summed E-state index contributed by atoms with van der Waals surface area (Å²) in [6.45, 7) is 1.91. The number of hydrogen-bond donors (Lipinski definition) is 2. The van der Waals surface area contributed by atoms with Gasteiger partial charge in [0.05, 0.1) is 13.2 Å². The first-order valence-corrected chi connectivity index (χ1v) is 11.6. The van der Waals surface area contributed by atoms with Crippen molar-refractivity contribution in [2.75, 3.05) is 38.2 Å². The fourth-order valence-corrected chi connectivity index (χ4v) is 4.32. The van der Waals surface area contributed by atoms with Crippen molar-refractivity contribution in [2.24, 2.45) is 0 Å². The molecule has 0 aliphatic carbocycles. The second kappa shape index (κ2) is 10.0. The topological polar surface area (TPSA) is 113 Å². The van der Waals surface area contributed by atoms with E-state index in [4.69, 9.17) is 4.74 Å². The number of ether oxygens (including phenoxy) is 1. The fraction of sp³-hybridized carbons (Fsp3) is 0.231. The Morgan fingerprint density at radius 2 is 1.69 bits per heavy atom. The number of urea groups is 1. The van der Waals surface area contributed by atoms with E-state index in [2.05, 4.69) is 10.6 Å². The Morgan fingerprint density at radius 1 is 0.972 bits per heavy atom. The minimum absolute atomic E-state index is 0.0147. The number of fused-ring (bicyclic) bond motifs is 1. The lowest BCUT2D eigenvalue weighted by Crippen LogP contribution is -2.42. The van der Waals surface area contributed by atoms with E-state index in [1.165, 1.54) is 0 Å². The molecule has 10 nitrogen and oxygen atoms in total. The summed E-state index contributed by atoms with van der Waals surface area (Å²) >= 11 is 0. The molecule has 10 heteroatoms. The molecular weight excluding hydrogens is 462 g/mol. The van der Waals surface area contributed by atoms with E-state index >= 15 is 0 Å². The summed E-state index contributed by atoms with van der Waals surface area (Å²) in [4.78, 5) is 53.3. The van der Waals surface area contributed by atoms with Gasteiger partial charge in [0, 0.05) is 41.4 Å². The highest BCUT2D eigenvalue weighted by molar-refractivity contribution is 6.16. The summed E-state index contributed by atoms with van der Waals surface area (Å²) in [6, 6.07) is 15.7. The first-order chi connectivity index (χ1) is 17.5. The lowest BCUT2D eigenvalue weighted by atomic mass is 10.1. The number of carbonyl (C=O) groups is 4. The van der Waals surface area contributed by atoms with Crippen LogP contribution < -0.4 is 10.6 Å². The van der Waals surface area contributed by atoms with E-state index < -0.39 is 24.4 Å².